The molecule has 1 aliphatic heterocycles. The van der Waals surface area contributed by atoms with E-state index in [0.29, 0.717) is 11.3 Å². The Morgan fingerprint density at radius 3 is 2.61 bits per heavy atom. The van der Waals surface area contributed by atoms with Gasteiger partial charge in [0.05, 0.1) is 34.9 Å². The molecule has 2 aromatic heterocycles. The number of fused-ring (bicyclic) bond motifs is 1. The lowest BCUT2D eigenvalue weighted by atomic mass is 10.0. The standard InChI is InChI=1S/C20H17F5N6/c21-19(22)6-7-30(11-16(19)27)18-29-17-14(20(23,24)25)2-1-3-15(17)31(18)10-13-5-4-12(8-26)9-28-13/h1-5,9,16H,6-7,10-11,27H2/t16-/m1/s1. The molecule has 0 aliphatic carbocycles. The van der Waals surface area contributed by atoms with Crippen LogP contribution in [0.2, 0.25) is 0 Å². The van der Waals surface area contributed by atoms with Crippen LogP contribution in [-0.4, -0.2) is 39.6 Å². The highest BCUT2D eigenvalue weighted by Gasteiger charge is 2.43. The fourth-order valence-electron chi connectivity index (χ4n) is 3.62. The van der Waals surface area contributed by atoms with Crippen LogP contribution < -0.4 is 10.6 Å². The molecule has 3 aromatic rings. The molecule has 11 heteroatoms. The molecule has 1 fully saturated rings. The fraction of sp³-hybridized carbons (Fsp3) is 0.350. The van der Waals surface area contributed by atoms with Gasteiger partial charge < -0.3 is 15.2 Å². The first-order valence-corrected chi connectivity index (χ1v) is 9.40. The summed E-state index contributed by atoms with van der Waals surface area (Å²) in [7, 11) is 0. The fourth-order valence-corrected chi connectivity index (χ4v) is 3.62. The zero-order valence-corrected chi connectivity index (χ0v) is 16.1. The zero-order valence-electron chi connectivity index (χ0n) is 16.1. The molecule has 2 N–H and O–H groups in total. The van der Waals surface area contributed by atoms with E-state index < -0.39 is 30.1 Å². The number of aromatic nitrogens is 3. The van der Waals surface area contributed by atoms with Crippen LogP contribution in [0.25, 0.3) is 11.0 Å². The van der Waals surface area contributed by atoms with Gasteiger partial charge in [-0.15, -0.1) is 0 Å². The summed E-state index contributed by atoms with van der Waals surface area (Å²) in [4.78, 5) is 9.85. The van der Waals surface area contributed by atoms with Crippen LogP contribution in [0, 0.1) is 11.3 Å². The molecule has 0 amide bonds. The molecule has 6 nitrogen and oxygen atoms in total. The second-order valence-electron chi connectivity index (χ2n) is 7.38. The number of anilines is 1. The Morgan fingerprint density at radius 1 is 1.23 bits per heavy atom. The van der Waals surface area contributed by atoms with Gasteiger partial charge in [0.1, 0.15) is 11.6 Å². The minimum atomic E-state index is -4.63. The van der Waals surface area contributed by atoms with Crippen molar-refractivity contribution < 1.29 is 22.0 Å². The van der Waals surface area contributed by atoms with E-state index in [1.54, 1.807) is 12.1 Å². The summed E-state index contributed by atoms with van der Waals surface area (Å²) in [6.45, 7) is -0.314. The maximum Gasteiger partial charge on any atom is 0.418 e. The highest BCUT2D eigenvalue weighted by Crippen LogP contribution is 2.37. The third-order valence-electron chi connectivity index (χ3n) is 5.30. The smallest absolute Gasteiger partial charge is 0.340 e. The van der Waals surface area contributed by atoms with Crippen molar-refractivity contribution in [2.24, 2.45) is 5.73 Å². The Morgan fingerprint density at radius 2 is 2.00 bits per heavy atom. The third kappa shape index (κ3) is 3.90. The SMILES string of the molecule is N#Cc1ccc(Cn2c(N3CCC(F)(F)[C@H](N)C3)nc3c(C(F)(F)F)cccc32)nc1. The molecule has 162 valence electrons. The van der Waals surface area contributed by atoms with Gasteiger partial charge in [-0.25, -0.2) is 13.8 Å². The Hall–Kier alpha value is -3.26. The minimum absolute atomic E-state index is 0.0426. The highest BCUT2D eigenvalue weighted by molar-refractivity contribution is 5.83. The molecule has 1 atom stereocenters. The molecule has 3 heterocycles. The summed E-state index contributed by atoms with van der Waals surface area (Å²) in [5.41, 5.74) is 5.44. The molecule has 0 spiro atoms. The zero-order chi connectivity index (χ0) is 22.4. The Labute approximate surface area is 173 Å². The monoisotopic (exact) mass is 436 g/mol. The summed E-state index contributed by atoms with van der Waals surface area (Å²) in [6, 6.07) is 7.29. The number of imidazole rings is 1. The van der Waals surface area contributed by atoms with E-state index in [9.17, 15) is 22.0 Å². The summed E-state index contributed by atoms with van der Waals surface area (Å²) in [5.74, 6) is -2.94. The Bertz CT molecular complexity index is 1150. The Balaban J connectivity index is 1.83. The lowest BCUT2D eigenvalue weighted by molar-refractivity contribution is -0.136. The summed E-state index contributed by atoms with van der Waals surface area (Å²) in [5, 5.41) is 8.92. The quantitative estimate of drug-likeness (QED) is 0.635. The van der Waals surface area contributed by atoms with Crippen molar-refractivity contribution in [1.29, 1.82) is 5.26 Å². The lowest BCUT2D eigenvalue weighted by Gasteiger charge is -2.37. The first kappa shape index (κ1) is 21.0. The summed E-state index contributed by atoms with van der Waals surface area (Å²) < 4.78 is 69.9. The van der Waals surface area contributed by atoms with E-state index in [1.165, 1.54) is 27.8 Å². The molecule has 1 aromatic carbocycles. The lowest BCUT2D eigenvalue weighted by Crippen LogP contribution is -2.55. The topological polar surface area (TPSA) is 83.8 Å². The average Bonchev–Trinajstić information content (AvgIpc) is 3.08. The van der Waals surface area contributed by atoms with E-state index in [4.69, 9.17) is 11.0 Å². The van der Waals surface area contributed by atoms with Crippen LogP contribution in [0.5, 0.6) is 0 Å². The molecule has 0 radical (unpaired) electrons. The number of alkyl halides is 5. The van der Waals surface area contributed by atoms with Crippen LogP contribution in [0.4, 0.5) is 27.9 Å². The minimum Gasteiger partial charge on any atom is -0.340 e. The Kier molecular flexibility index (Phi) is 5.05. The molecule has 1 aliphatic rings. The highest BCUT2D eigenvalue weighted by atomic mass is 19.4. The van der Waals surface area contributed by atoms with Crippen LogP contribution in [0.15, 0.2) is 36.5 Å². The maximum absolute atomic E-state index is 13.9. The predicted molar refractivity (Wildman–Crippen MR) is 103 cm³/mol. The molecule has 0 saturated carbocycles. The van der Waals surface area contributed by atoms with Crippen LogP contribution in [-0.2, 0) is 12.7 Å². The first-order chi connectivity index (χ1) is 14.6. The number of nitrogens with two attached hydrogens (primary N) is 1. The van der Waals surface area contributed by atoms with Gasteiger partial charge in [0.25, 0.3) is 5.92 Å². The van der Waals surface area contributed by atoms with Gasteiger partial charge in [-0.1, -0.05) is 6.07 Å². The predicted octanol–water partition coefficient (Wildman–Crippen LogP) is 3.54. The van der Waals surface area contributed by atoms with Crippen molar-refractivity contribution in [3.05, 3.63) is 53.3 Å². The first-order valence-electron chi connectivity index (χ1n) is 9.40. The molecular weight excluding hydrogens is 419 g/mol. The molecule has 0 unspecified atom stereocenters. The van der Waals surface area contributed by atoms with Crippen molar-refractivity contribution >= 4 is 17.0 Å². The normalized spacial score (nSPS) is 18.9. The van der Waals surface area contributed by atoms with Crippen molar-refractivity contribution in [3.63, 3.8) is 0 Å². The maximum atomic E-state index is 13.9. The number of para-hydroxylation sites is 1. The van der Waals surface area contributed by atoms with Crippen molar-refractivity contribution in [3.8, 4) is 6.07 Å². The van der Waals surface area contributed by atoms with Crippen LogP contribution in [0.1, 0.15) is 23.2 Å². The van der Waals surface area contributed by atoms with E-state index in [-0.39, 0.29) is 36.6 Å². The van der Waals surface area contributed by atoms with Gasteiger partial charge in [0.15, 0.2) is 0 Å². The van der Waals surface area contributed by atoms with Crippen molar-refractivity contribution in [1.82, 2.24) is 14.5 Å². The second kappa shape index (κ2) is 7.46. The van der Waals surface area contributed by atoms with Crippen LogP contribution >= 0.6 is 0 Å². The van der Waals surface area contributed by atoms with Gasteiger partial charge in [0.2, 0.25) is 5.95 Å². The van der Waals surface area contributed by atoms with E-state index >= 15 is 0 Å². The molecular formula is C20H17F5N6. The molecule has 1 saturated heterocycles. The van der Waals surface area contributed by atoms with Gasteiger partial charge >= 0.3 is 6.18 Å². The largest absolute Gasteiger partial charge is 0.418 e. The van der Waals surface area contributed by atoms with E-state index in [0.717, 1.165) is 6.07 Å². The van der Waals surface area contributed by atoms with Gasteiger partial charge in [0, 0.05) is 25.7 Å². The second-order valence-corrected chi connectivity index (χ2v) is 7.38. The van der Waals surface area contributed by atoms with Gasteiger partial charge in [-0.05, 0) is 24.3 Å². The average molecular weight is 436 g/mol. The van der Waals surface area contributed by atoms with E-state index in [1.807, 2.05) is 6.07 Å². The number of hydrogen-bond acceptors (Lipinski definition) is 5. The number of nitriles is 1. The van der Waals surface area contributed by atoms with Gasteiger partial charge in [-0.2, -0.15) is 18.4 Å². The molecule has 4 rings (SSSR count). The number of benzene rings is 1. The number of pyridine rings is 1. The third-order valence-corrected chi connectivity index (χ3v) is 5.30. The number of piperidine rings is 1. The number of nitrogens with zero attached hydrogens (tertiary/aromatic N) is 5. The van der Waals surface area contributed by atoms with Crippen LogP contribution in [0.3, 0.4) is 0 Å². The van der Waals surface area contributed by atoms with Gasteiger partial charge in [-0.3, -0.25) is 4.98 Å². The number of hydrogen-bond donors (Lipinski definition) is 1. The summed E-state index contributed by atoms with van der Waals surface area (Å²) >= 11 is 0. The van der Waals surface area contributed by atoms with Crippen molar-refractivity contribution in [2.45, 2.75) is 31.1 Å². The molecule has 31 heavy (non-hydrogen) atoms. The summed E-state index contributed by atoms with van der Waals surface area (Å²) in [6.07, 6.45) is -3.81. The molecule has 0 bridgehead atoms. The number of rotatable bonds is 3. The number of halogens is 5. The van der Waals surface area contributed by atoms with E-state index in [2.05, 4.69) is 9.97 Å². The van der Waals surface area contributed by atoms with Crippen molar-refractivity contribution in [2.75, 3.05) is 18.0 Å².